The summed E-state index contributed by atoms with van der Waals surface area (Å²) in [5.74, 6) is -1.11. The van der Waals surface area contributed by atoms with Gasteiger partial charge in [-0.15, -0.1) is 0 Å². The summed E-state index contributed by atoms with van der Waals surface area (Å²) in [4.78, 5) is 10.6. The standard InChI is InChI=1S/C7H3BrClFO2/c8-4-1-3(7(9)12)6(11)2-5(4)10/h1-2,11H. The maximum atomic E-state index is 12.7. The normalized spacial score (nSPS) is 9.92. The average Bonchev–Trinajstić information content (AvgIpc) is 1.96. The SMILES string of the molecule is O=C(Cl)c1cc(Br)c(F)cc1O. The van der Waals surface area contributed by atoms with E-state index in [9.17, 15) is 9.18 Å². The van der Waals surface area contributed by atoms with E-state index >= 15 is 0 Å². The van der Waals surface area contributed by atoms with Gasteiger partial charge in [-0.1, -0.05) is 0 Å². The lowest BCUT2D eigenvalue weighted by Gasteiger charge is -2.00. The number of benzene rings is 1. The number of halogens is 3. The van der Waals surface area contributed by atoms with Crippen molar-refractivity contribution >= 4 is 32.8 Å². The predicted octanol–water partition coefficient (Wildman–Crippen LogP) is 2.67. The van der Waals surface area contributed by atoms with Crippen molar-refractivity contribution in [3.63, 3.8) is 0 Å². The summed E-state index contributed by atoms with van der Waals surface area (Å²) in [6, 6.07) is 1.94. The van der Waals surface area contributed by atoms with E-state index < -0.39 is 16.8 Å². The first-order chi connectivity index (χ1) is 5.52. The fourth-order valence-corrected chi connectivity index (χ4v) is 1.19. The van der Waals surface area contributed by atoms with Gasteiger partial charge >= 0.3 is 0 Å². The van der Waals surface area contributed by atoms with Crippen LogP contribution in [0.2, 0.25) is 0 Å². The lowest BCUT2D eigenvalue weighted by Crippen LogP contribution is -1.91. The molecule has 0 aliphatic rings. The minimum atomic E-state index is -0.826. The highest BCUT2D eigenvalue weighted by molar-refractivity contribution is 9.10. The zero-order chi connectivity index (χ0) is 9.30. The Morgan fingerprint density at radius 1 is 1.58 bits per heavy atom. The molecular formula is C7H3BrClFO2. The van der Waals surface area contributed by atoms with E-state index in [1.165, 1.54) is 0 Å². The topological polar surface area (TPSA) is 37.3 Å². The number of phenolic OH excluding ortho intramolecular Hbond substituents is 1. The summed E-state index contributed by atoms with van der Waals surface area (Å²) in [7, 11) is 0. The van der Waals surface area contributed by atoms with Crippen molar-refractivity contribution in [2.45, 2.75) is 0 Å². The maximum absolute atomic E-state index is 12.7. The average molecular weight is 253 g/mol. The van der Waals surface area contributed by atoms with Gasteiger partial charge in [0.1, 0.15) is 11.6 Å². The monoisotopic (exact) mass is 252 g/mol. The summed E-state index contributed by atoms with van der Waals surface area (Å²) in [5.41, 5.74) is -0.120. The molecule has 0 saturated carbocycles. The number of carbonyl (C=O) groups excluding carboxylic acids is 1. The molecule has 0 radical (unpaired) electrons. The molecule has 1 aromatic carbocycles. The summed E-state index contributed by atoms with van der Waals surface area (Å²) in [5, 5.41) is 8.19. The van der Waals surface area contributed by atoms with Gasteiger partial charge in [0.25, 0.3) is 5.24 Å². The molecule has 0 spiro atoms. The van der Waals surface area contributed by atoms with Crippen molar-refractivity contribution < 1.29 is 14.3 Å². The van der Waals surface area contributed by atoms with Crippen LogP contribution in [0.1, 0.15) is 10.4 Å². The van der Waals surface area contributed by atoms with E-state index in [4.69, 9.17) is 16.7 Å². The first kappa shape index (κ1) is 9.48. The maximum Gasteiger partial charge on any atom is 0.256 e. The Kier molecular flexibility index (Phi) is 2.69. The van der Waals surface area contributed by atoms with Crippen LogP contribution >= 0.6 is 27.5 Å². The van der Waals surface area contributed by atoms with E-state index in [0.717, 1.165) is 12.1 Å². The molecule has 12 heavy (non-hydrogen) atoms. The summed E-state index contributed by atoms with van der Waals surface area (Å²) in [6.07, 6.45) is 0. The molecule has 5 heteroatoms. The smallest absolute Gasteiger partial charge is 0.256 e. The molecule has 64 valence electrons. The second-order valence-corrected chi connectivity index (χ2v) is 3.25. The molecular weight excluding hydrogens is 250 g/mol. The van der Waals surface area contributed by atoms with Crippen molar-refractivity contribution in [3.8, 4) is 5.75 Å². The van der Waals surface area contributed by atoms with Crippen LogP contribution in [0.3, 0.4) is 0 Å². The van der Waals surface area contributed by atoms with Crippen LogP contribution in [-0.2, 0) is 0 Å². The van der Waals surface area contributed by atoms with Crippen LogP contribution in [-0.4, -0.2) is 10.3 Å². The second-order valence-electron chi connectivity index (χ2n) is 2.06. The van der Waals surface area contributed by atoms with Gasteiger partial charge in [0.15, 0.2) is 0 Å². The minimum absolute atomic E-state index is 0.0873. The van der Waals surface area contributed by atoms with Crippen LogP contribution < -0.4 is 0 Å². The number of hydrogen-bond donors (Lipinski definition) is 1. The van der Waals surface area contributed by atoms with Crippen molar-refractivity contribution in [3.05, 3.63) is 28.0 Å². The molecule has 0 amide bonds. The first-order valence-corrected chi connectivity index (χ1v) is 4.07. The summed E-state index contributed by atoms with van der Waals surface area (Å²) < 4.78 is 12.7. The van der Waals surface area contributed by atoms with Crippen molar-refractivity contribution in [2.75, 3.05) is 0 Å². The van der Waals surface area contributed by atoms with Crippen LogP contribution in [0, 0.1) is 5.82 Å². The highest BCUT2D eigenvalue weighted by atomic mass is 79.9. The van der Waals surface area contributed by atoms with Crippen LogP contribution in [0.5, 0.6) is 5.75 Å². The Morgan fingerprint density at radius 2 is 2.17 bits per heavy atom. The minimum Gasteiger partial charge on any atom is -0.507 e. The molecule has 0 atom stereocenters. The number of phenols is 1. The van der Waals surface area contributed by atoms with Crippen LogP contribution in [0.25, 0.3) is 0 Å². The zero-order valence-corrected chi connectivity index (χ0v) is 7.99. The Hall–Kier alpha value is -0.610. The third kappa shape index (κ3) is 1.76. The molecule has 1 N–H and O–H groups in total. The Bertz CT molecular complexity index is 340. The number of aromatic hydroxyl groups is 1. The number of hydrogen-bond acceptors (Lipinski definition) is 2. The Labute approximate surface area is 81.1 Å². The van der Waals surface area contributed by atoms with Crippen molar-refractivity contribution in [1.82, 2.24) is 0 Å². The third-order valence-corrected chi connectivity index (χ3v) is 2.06. The fraction of sp³-hybridized carbons (Fsp3) is 0. The largest absolute Gasteiger partial charge is 0.507 e. The molecule has 0 fully saturated rings. The van der Waals surface area contributed by atoms with Crippen LogP contribution in [0.4, 0.5) is 4.39 Å². The van der Waals surface area contributed by atoms with Gasteiger partial charge in [0.05, 0.1) is 10.0 Å². The van der Waals surface area contributed by atoms with Crippen LogP contribution in [0.15, 0.2) is 16.6 Å². The second kappa shape index (κ2) is 3.41. The van der Waals surface area contributed by atoms with Gasteiger partial charge in [-0.25, -0.2) is 4.39 Å². The zero-order valence-electron chi connectivity index (χ0n) is 5.64. The van der Waals surface area contributed by atoms with E-state index in [-0.39, 0.29) is 10.0 Å². The lowest BCUT2D eigenvalue weighted by atomic mass is 10.2. The third-order valence-electron chi connectivity index (χ3n) is 1.25. The van der Waals surface area contributed by atoms with Gasteiger partial charge in [-0.3, -0.25) is 4.79 Å². The number of rotatable bonds is 1. The molecule has 0 aliphatic heterocycles. The molecule has 0 unspecified atom stereocenters. The molecule has 0 aromatic heterocycles. The molecule has 0 aliphatic carbocycles. The quantitative estimate of drug-likeness (QED) is 0.781. The van der Waals surface area contributed by atoms with Gasteiger partial charge in [0.2, 0.25) is 0 Å². The van der Waals surface area contributed by atoms with E-state index in [0.29, 0.717) is 0 Å². The fourth-order valence-electron chi connectivity index (χ4n) is 0.694. The van der Waals surface area contributed by atoms with E-state index in [1.54, 1.807) is 0 Å². The van der Waals surface area contributed by atoms with Gasteiger partial charge < -0.3 is 5.11 Å². The molecule has 2 nitrogen and oxygen atoms in total. The van der Waals surface area contributed by atoms with E-state index in [1.807, 2.05) is 0 Å². The first-order valence-electron chi connectivity index (χ1n) is 2.90. The lowest BCUT2D eigenvalue weighted by molar-refractivity contribution is 0.107. The molecule has 0 heterocycles. The highest BCUT2D eigenvalue weighted by Crippen LogP contribution is 2.26. The summed E-state index contributed by atoms with van der Waals surface area (Å²) >= 11 is 7.94. The van der Waals surface area contributed by atoms with Crippen molar-refractivity contribution in [2.24, 2.45) is 0 Å². The Morgan fingerprint density at radius 3 is 2.67 bits per heavy atom. The van der Waals surface area contributed by atoms with Gasteiger partial charge in [-0.05, 0) is 33.6 Å². The summed E-state index contributed by atoms with van der Waals surface area (Å²) in [6.45, 7) is 0. The predicted molar refractivity (Wildman–Crippen MR) is 45.9 cm³/mol. The highest BCUT2D eigenvalue weighted by Gasteiger charge is 2.11. The molecule has 1 aromatic rings. The van der Waals surface area contributed by atoms with Gasteiger partial charge in [0, 0.05) is 6.07 Å². The Balaban J connectivity index is 3.33. The van der Waals surface area contributed by atoms with E-state index in [2.05, 4.69) is 15.9 Å². The molecule has 1 rings (SSSR count). The van der Waals surface area contributed by atoms with Gasteiger partial charge in [-0.2, -0.15) is 0 Å². The van der Waals surface area contributed by atoms with Crippen molar-refractivity contribution in [1.29, 1.82) is 0 Å². The number of carbonyl (C=O) groups is 1. The molecule has 0 saturated heterocycles. The molecule has 0 bridgehead atoms.